The lowest BCUT2D eigenvalue weighted by atomic mass is 10.2. The lowest BCUT2D eigenvalue weighted by molar-refractivity contribution is 0.102. The Kier molecular flexibility index (Phi) is 7.56. The fraction of sp³-hybridized carbons (Fsp3) is 0.391. The van der Waals surface area contributed by atoms with Gasteiger partial charge >= 0.3 is 0 Å². The first kappa shape index (κ1) is 23.9. The highest BCUT2D eigenvalue weighted by atomic mass is 32.1. The zero-order valence-electron chi connectivity index (χ0n) is 19.3. The maximum absolute atomic E-state index is 12.7. The number of aromatic hydroxyl groups is 1. The van der Waals surface area contributed by atoms with Crippen molar-refractivity contribution < 1.29 is 15.0 Å². The average Bonchev–Trinajstić information content (AvgIpc) is 3.28. The van der Waals surface area contributed by atoms with Crippen LogP contribution in [0.4, 0.5) is 22.5 Å². The normalized spacial score (nSPS) is 14.3. The van der Waals surface area contributed by atoms with Crippen LogP contribution in [0.3, 0.4) is 0 Å². The number of aromatic nitrogens is 3. The SMILES string of the molecule is Cc1nc(Nc2ncc(C(=O)Nc3c(C)cccc3O)s2)cc(N2CCN(CCCO)CC2)n1. The van der Waals surface area contributed by atoms with Crippen LogP contribution >= 0.6 is 11.3 Å². The van der Waals surface area contributed by atoms with E-state index in [1.807, 2.05) is 26.0 Å². The third kappa shape index (κ3) is 5.79. The molecule has 0 atom stereocenters. The second-order valence-corrected chi connectivity index (χ2v) is 9.17. The number of nitrogens with zero attached hydrogens (tertiary/aromatic N) is 5. The van der Waals surface area contributed by atoms with Crippen molar-refractivity contribution in [1.82, 2.24) is 19.9 Å². The molecule has 180 valence electrons. The largest absolute Gasteiger partial charge is 0.506 e. The molecule has 11 heteroatoms. The molecule has 4 rings (SSSR count). The smallest absolute Gasteiger partial charge is 0.267 e. The maximum atomic E-state index is 12.7. The van der Waals surface area contributed by atoms with E-state index in [0.717, 1.165) is 50.5 Å². The lowest BCUT2D eigenvalue weighted by Crippen LogP contribution is -2.47. The van der Waals surface area contributed by atoms with Crippen molar-refractivity contribution in [2.24, 2.45) is 0 Å². The number of aryl methyl sites for hydroxylation is 2. The third-order valence-corrected chi connectivity index (χ3v) is 6.52. The van der Waals surface area contributed by atoms with Gasteiger partial charge in [0.05, 0.1) is 11.9 Å². The first-order valence-electron chi connectivity index (χ1n) is 11.2. The van der Waals surface area contributed by atoms with Gasteiger partial charge in [0.2, 0.25) is 0 Å². The summed E-state index contributed by atoms with van der Waals surface area (Å²) in [6.07, 6.45) is 2.29. The number of carbonyl (C=O) groups excluding carboxylic acids is 1. The summed E-state index contributed by atoms with van der Waals surface area (Å²) < 4.78 is 0. The van der Waals surface area contributed by atoms with Crippen molar-refractivity contribution in [2.45, 2.75) is 20.3 Å². The van der Waals surface area contributed by atoms with E-state index in [-0.39, 0.29) is 18.3 Å². The number of hydrogen-bond donors (Lipinski definition) is 4. The van der Waals surface area contributed by atoms with Crippen LogP contribution in [0.15, 0.2) is 30.5 Å². The molecule has 1 aromatic carbocycles. The van der Waals surface area contributed by atoms with Crippen LogP contribution in [0.5, 0.6) is 5.75 Å². The van der Waals surface area contributed by atoms with E-state index in [2.05, 4.69) is 35.4 Å². The van der Waals surface area contributed by atoms with Crippen LogP contribution in [-0.2, 0) is 0 Å². The molecule has 3 heterocycles. The van der Waals surface area contributed by atoms with Crippen molar-refractivity contribution in [2.75, 3.05) is 54.9 Å². The van der Waals surface area contributed by atoms with Gasteiger partial charge < -0.3 is 25.7 Å². The highest BCUT2D eigenvalue weighted by molar-refractivity contribution is 7.17. The summed E-state index contributed by atoms with van der Waals surface area (Å²) >= 11 is 1.20. The first-order valence-corrected chi connectivity index (χ1v) is 12.0. The van der Waals surface area contributed by atoms with Gasteiger partial charge in [0, 0.05) is 45.4 Å². The Morgan fingerprint density at radius 2 is 1.97 bits per heavy atom. The summed E-state index contributed by atoms with van der Waals surface area (Å²) in [5.74, 6) is 1.79. The van der Waals surface area contributed by atoms with Gasteiger partial charge in [-0.15, -0.1) is 0 Å². The van der Waals surface area contributed by atoms with Crippen molar-refractivity contribution in [3.05, 3.63) is 46.7 Å². The zero-order chi connectivity index (χ0) is 24.1. The van der Waals surface area contributed by atoms with Gasteiger partial charge in [0.25, 0.3) is 5.91 Å². The number of anilines is 4. The second-order valence-electron chi connectivity index (χ2n) is 8.14. The summed E-state index contributed by atoms with van der Waals surface area (Å²) in [5, 5.41) is 25.5. The lowest BCUT2D eigenvalue weighted by Gasteiger charge is -2.35. The summed E-state index contributed by atoms with van der Waals surface area (Å²) in [6.45, 7) is 8.35. The van der Waals surface area contributed by atoms with E-state index in [1.165, 1.54) is 23.6 Å². The number of thiazole rings is 1. The third-order valence-electron chi connectivity index (χ3n) is 5.61. The van der Waals surface area contributed by atoms with Crippen LogP contribution in [0, 0.1) is 13.8 Å². The molecule has 0 bridgehead atoms. The number of amides is 1. The van der Waals surface area contributed by atoms with E-state index in [1.54, 1.807) is 6.07 Å². The van der Waals surface area contributed by atoms with E-state index in [9.17, 15) is 9.90 Å². The number of para-hydroxylation sites is 1. The Hall–Kier alpha value is -3.28. The molecule has 1 fully saturated rings. The van der Waals surface area contributed by atoms with Crippen molar-refractivity contribution in [3.8, 4) is 5.75 Å². The topological polar surface area (TPSA) is 127 Å². The van der Waals surface area contributed by atoms with Gasteiger partial charge in [0.1, 0.15) is 28.1 Å². The molecule has 0 spiro atoms. The molecule has 4 N–H and O–H groups in total. The Morgan fingerprint density at radius 1 is 1.18 bits per heavy atom. The van der Waals surface area contributed by atoms with Gasteiger partial charge in [-0.3, -0.25) is 9.69 Å². The standard InChI is InChI=1S/C23H29N7O3S/c1-15-5-3-6-17(32)21(15)28-22(33)18-14-24-23(34-18)27-19-13-20(26-16(2)25-19)30-10-8-29(9-11-30)7-4-12-31/h3,5-6,13-14,31-32H,4,7-12H2,1-2H3,(H,28,33)(H,24,25,26,27). The number of aliphatic hydroxyl groups excluding tert-OH is 1. The average molecular weight is 484 g/mol. The number of rotatable bonds is 8. The molecular weight excluding hydrogens is 454 g/mol. The van der Waals surface area contributed by atoms with Crippen LogP contribution < -0.4 is 15.5 Å². The van der Waals surface area contributed by atoms with Crippen LogP contribution in [0.2, 0.25) is 0 Å². The van der Waals surface area contributed by atoms with Gasteiger partial charge in [-0.1, -0.05) is 23.5 Å². The summed E-state index contributed by atoms with van der Waals surface area (Å²) in [4.78, 5) is 31.0. The highest BCUT2D eigenvalue weighted by Crippen LogP contribution is 2.29. The summed E-state index contributed by atoms with van der Waals surface area (Å²) in [6, 6.07) is 6.97. The Morgan fingerprint density at radius 3 is 2.71 bits per heavy atom. The summed E-state index contributed by atoms with van der Waals surface area (Å²) in [5.41, 5.74) is 1.16. The van der Waals surface area contributed by atoms with Crippen molar-refractivity contribution in [1.29, 1.82) is 0 Å². The van der Waals surface area contributed by atoms with Gasteiger partial charge in [-0.05, 0) is 31.9 Å². The van der Waals surface area contributed by atoms with Gasteiger partial charge in [0.15, 0.2) is 5.13 Å². The number of nitrogens with one attached hydrogen (secondary N) is 2. The van der Waals surface area contributed by atoms with E-state index in [0.29, 0.717) is 27.3 Å². The molecule has 1 aliphatic heterocycles. The first-order chi connectivity index (χ1) is 16.4. The molecule has 1 aliphatic rings. The highest BCUT2D eigenvalue weighted by Gasteiger charge is 2.19. The van der Waals surface area contributed by atoms with Gasteiger partial charge in [-0.25, -0.2) is 15.0 Å². The number of carbonyl (C=O) groups is 1. The minimum Gasteiger partial charge on any atom is -0.506 e. The van der Waals surface area contributed by atoms with Crippen LogP contribution in [-0.4, -0.2) is 75.3 Å². The predicted octanol–water partition coefficient (Wildman–Crippen LogP) is 2.76. The Labute approximate surface area is 202 Å². The Bertz CT molecular complexity index is 1130. The molecule has 34 heavy (non-hydrogen) atoms. The second kappa shape index (κ2) is 10.8. The molecule has 0 aliphatic carbocycles. The zero-order valence-corrected chi connectivity index (χ0v) is 20.1. The summed E-state index contributed by atoms with van der Waals surface area (Å²) in [7, 11) is 0. The molecule has 0 radical (unpaired) electrons. The van der Waals surface area contributed by atoms with Crippen molar-refractivity contribution in [3.63, 3.8) is 0 Å². The van der Waals surface area contributed by atoms with E-state index in [4.69, 9.17) is 5.11 Å². The maximum Gasteiger partial charge on any atom is 0.267 e. The number of aliphatic hydroxyl groups is 1. The molecule has 0 saturated carbocycles. The number of hydrogen-bond acceptors (Lipinski definition) is 10. The monoisotopic (exact) mass is 483 g/mol. The number of phenolic OH excluding ortho intramolecular Hbond substituents is 1. The number of benzene rings is 1. The van der Waals surface area contributed by atoms with E-state index >= 15 is 0 Å². The van der Waals surface area contributed by atoms with E-state index < -0.39 is 0 Å². The van der Waals surface area contributed by atoms with Crippen LogP contribution in [0.25, 0.3) is 0 Å². The molecule has 3 aromatic rings. The molecular formula is C23H29N7O3S. The fourth-order valence-corrected chi connectivity index (χ4v) is 4.53. The van der Waals surface area contributed by atoms with Crippen molar-refractivity contribution >= 4 is 39.7 Å². The molecule has 1 amide bonds. The molecule has 2 aromatic heterocycles. The minimum atomic E-state index is -0.339. The minimum absolute atomic E-state index is 0.0226. The number of piperazine rings is 1. The Balaban J connectivity index is 1.41. The number of phenols is 1. The van der Waals surface area contributed by atoms with Crippen LogP contribution in [0.1, 0.15) is 27.5 Å². The fourth-order valence-electron chi connectivity index (χ4n) is 3.81. The molecule has 1 saturated heterocycles. The van der Waals surface area contributed by atoms with Gasteiger partial charge in [-0.2, -0.15) is 0 Å². The molecule has 0 unspecified atom stereocenters. The quantitative estimate of drug-likeness (QED) is 0.358. The predicted molar refractivity (Wildman–Crippen MR) is 133 cm³/mol. The molecule has 10 nitrogen and oxygen atoms in total.